The monoisotopic (exact) mass is 166 g/mol. The number of nitrogen functional groups attached to an aromatic ring is 1. The average molecular weight is 166 g/mol. The molecule has 4 heteroatoms. The Bertz CT molecular complexity index is 249. The SMILES string of the molecule is Nc1ccn(C[C@@H]2CCCN2)n1. The maximum Gasteiger partial charge on any atom is 0.145 e. The van der Waals surface area contributed by atoms with Crippen LogP contribution < -0.4 is 11.1 Å². The van der Waals surface area contributed by atoms with Crippen LogP contribution in [-0.4, -0.2) is 22.4 Å². The second kappa shape index (κ2) is 3.15. The lowest BCUT2D eigenvalue weighted by Crippen LogP contribution is -2.26. The van der Waals surface area contributed by atoms with Crippen molar-refractivity contribution in [2.45, 2.75) is 25.4 Å². The molecule has 4 nitrogen and oxygen atoms in total. The van der Waals surface area contributed by atoms with Gasteiger partial charge in [-0.25, -0.2) is 0 Å². The molecule has 0 radical (unpaired) electrons. The van der Waals surface area contributed by atoms with E-state index in [2.05, 4.69) is 10.4 Å². The highest BCUT2D eigenvalue weighted by atomic mass is 15.3. The van der Waals surface area contributed by atoms with Gasteiger partial charge in [0.15, 0.2) is 0 Å². The van der Waals surface area contributed by atoms with Crippen LogP contribution in [-0.2, 0) is 6.54 Å². The first-order valence-electron chi connectivity index (χ1n) is 4.37. The maximum absolute atomic E-state index is 5.50. The zero-order chi connectivity index (χ0) is 8.39. The molecule has 1 aliphatic rings. The summed E-state index contributed by atoms with van der Waals surface area (Å²) in [5.74, 6) is 0.605. The first kappa shape index (κ1) is 7.61. The molecule has 2 rings (SSSR count). The van der Waals surface area contributed by atoms with E-state index in [1.165, 1.54) is 12.8 Å². The zero-order valence-electron chi connectivity index (χ0n) is 7.03. The Balaban J connectivity index is 1.94. The minimum absolute atomic E-state index is 0.587. The molecule has 1 aromatic rings. The van der Waals surface area contributed by atoms with E-state index < -0.39 is 0 Å². The molecule has 0 aliphatic carbocycles. The van der Waals surface area contributed by atoms with Gasteiger partial charge in [0.25, 0.3) is 0 Å². The van der Waals surface area contributed by atoms with Gasteiger partial charge in [0.05, 0.1) is 6.54 Å². The van der Waals surface area contributed by atoms with Crippen molar-refractivity contribution < 1.29 is 0 Å². The molecule has 1 aliphatic heterocycles. The molecule has 1 atom stereocenters. The van der Waals surface area contributed by atoms with Crippen LogP contribution in [0.3, 0.4) is 0 Å². The number of nitrogens with two attached hydrogens (primary N) is 1. The van der Waals surface area contributed by atoms with Crippen molar-refractivity contribution in [3.8, 4) is 0 Å². The van der Waals surface area contributed by atoms with Gasteiger partial charge in [0, 0.05) is 12.2 Å². The highest BCUT2D eigenvalue weighted by Crippen LogP contribution is 2.07. The summed E-state index contributed by atoms with van der Waals surface area (Å²) >= 11 is 0. The third-order valence-electron chi connectivity index (χ3n) is 2.23. The molecule has 0 aromatic carbocycles. The second-order valence-corrected chi connectivity index (χ2v) is 3.26. The number of anilines is 1. The van der Waals surface area contributed by atoms with Crippen LogP contribution in [0.1, 0.15) is 12.8 Å². The van der Waals surface area contributed by atoms with Crippen molar-refractivity contribution in [1.29, 1.82) is 0 Å². The van der Waals surface area contributed by atoms with Gasteiger partial charge in [-0.3, -0.25) is 4.68 Å². The quantitative estimate of drug-likeness (QED) is 0.660. The van der Waals surface area contributed by atoms with E-state index in [1.807, 2.05) is 16.9 Å². The van der Waals surface area contributed by atoms with Crippen LogP contribution in [0, 0.1) is 0 Å². The van der Waals surface area contributed by atoms with Crippen LogP contribution in [0.4, 0.5) is 5.82 Å². The summed E-state index contributed by atoms with van der Waals surface area (Å²) in [5.41, 5.74) is 5.50. The molecule has 1 fully saturated rings. The zero-order valence-corrected chi connectivity index (χ0v) is 7.03. The van der Waals surface area contributed by atoms with E-state index in [-0.39, 0.29) is 0 Å². The van der Waals surface area contributed by atoms with Crippen LogP contribution in [0.25, 0.3) is 0 Å². The van der Waals surface area contributed by atoms with Gasteiger partial charge in [-0.1, -0.05) is 0 Å². The van der Waals surface area contributed by atoms with Crippen molar-refractivity contribution in [3.63, 3.8) is 0 Å². The lowest BCUT2D eigenvalue weighted by atomic mass is 10.2. The number of nitrogens with one attached hydrogen (secondary N) is 1. The Morgan fingerprint density at radius 1 is 1.75 bits per heavy atom. The van der Waals surface area contributed by atoms with Crippen molar-refractivity contribution in [1.82, 2.24) is 15.1 Å². The normalized spacial score (nSPS) is 23.2. The molecule has 0 unspecified atom stereocenters. The summed E-state index contributed by atoms with van der Waals surface area (Å²) in [7, 11) is 0. The van der Waals surface area contributed by atoms with Crippen LogP contribution in [0.5, 0.6) is 0 Å². The van der Waals surface area contributed by atoms with Crippen molar-refractivity contribution in [3.05, 3.63) is 12.3 Å². The first-order chi connectivity index (χ1) is 5.84. The highest BCUT2D eigenvalue weighted by molar-refractivity contribution is 5.23. The number of hydrogen-bond donors (Lipinski definition) is 2. The summed E-state index contributed by atoms with van der Waals surface area (Å²) in [6, 6.07) is 2.42. The van der Waals surface area contributed by atoms with Gasteiger partial charge in [0.2, 0.25) is 0 Å². The third kappa shape index (κ3) is 1.58. The van der Waals surface area contributed by atoms with E-state index in [9.17, 15) is 0 Å². The molecule has 1 saturated heterocycles. The summed E-state index contributed by atoms with van der Waals surface area (Å²) in [6.45, 7) is 2.08. The molecule has 0 amide bonds. The molecule has 0 bridgehead atoms. The first-order valence-corrected chi connectivity index (χ1v) is 4.37. The Kier molecular flexibility index (Phi) is 1.99. The fourth-order valence-corrected chi connectivity index (χ4v) is 1.62. The van der Waals surface area contributed by atoms with Gasteiger partial charge >= 0.3 is 0 Å². The van der Waals surface area contributed by atoms with E-state index in [0.29, 0.717) is 11.9 Å². The number of aromatic nitrogens is 2. The number of rotatable bonds is 2. The Hall–Kier alpha value is -1.03. The summed E-state index contributed by atoms with van der Waals surface area (Å²) in [6.07, 6.45) is 4.45. The molecule has 12 heavy (non-hydrogen) atoms. The predicted octanol–water partition coefficient (Wildman–Crippen LogP) is 0.217. The largest absolute Gasteiger partial charge is 0.382 e. The highest BCUT2D eigenvalue weighted by Gasteiger charge is 2.14. The van der Waals surface area contributed by atoms with E-state index >= 15 is 0 Å². The maximum atomic E-state index is 5.50. The third-order valence-corrected chi connectivity index (χ3v) is 2.23. The van der Waals surface area contributed by atoms with Crippen LogP contribution >= 0.6 is 0 Å². The minimum atomic E-state index is 0.587. The molecular weight excluding hydrogens is 152 g/mol. The average Bonchev–Trinajstić information content (AvgIpc) is 2.63. The van der Waals surface area contributed by atoms with E-state index in [0.717, 1.165) is 13.1 Å². The Morgan fingerprint density at radius 2 is 2.67 bits per heavy atom. The summed E-state index contributed by atoms with van der Waals surface area (Å²) in [4.78, 5) is 0. The molecule has 1 aromatic heterocycles. The number of nitrogens with zero attached hydrogens (tertiary/aromatic N) is 2. The van der Waals surface area contributed by atoms with Crippen LogP contribution in [0.2, 0.25) is 0 Å². The van der Waals surface area contributed by atoms with Gasteiger partial charge in [0.1, 0.15) is 5.82 Å². The van der Waals surface area contributed by atoms with E-state index in [4.69, 9.17) is 5.73 Å². The van der Waals surface area contributed by atoms with Crippen molar-refractivity contribution in [2.24, 2.45) is 0 Å². The predicted molar refractivity (Wildman–Crippen MR) is 47.7 cm³/mol. The fourth-order valence-electron chi connectivity index (χ4n) is 1.62. The fraction of sp³-hybridized carbons (Fsp3) is 0.625. The molecule has 3 N–H and O–H groups in total. The van der Waals surface area contributed by atoms with Gasteiger partial charge < -0.3 is 11.1 Å². The Morgan fingerprint density at radius 3 is 3.25 bits per heavy atom. The Labute approximate surface area is 71.7 Å². The van der Waals surface area contributed by atoms with E-state index in [1.54, 1.807) is 0 Å². The molecule has 0 spiro atoms. The molecule has 66 valence electrons. The lowest BCUT2D eigenvalue weighted by molar-refractivity contribution is 0.477. The smallest absolute Gasteiger partial charge is 0.145 e. The standard InChI is InChI=1S/C8H14N4/c9-8-3-5-12(11-8)6-7-2-1-4-10-7/h3,5,7,10H,1-2,4,6H2,(H2,9,11)/t7-/m0/s1. The minimum Gasteiger partial charge on any atom is -0.382 e. The van der Waals surface area contributed by atoms with Gasteiger partial charge in [-0.2, -0.15) is 5.10 Å². The van der Waals surface area contributed by atoms with Gasteiger partial charge in [-0.15, -0.1) is 0 Å². The van der Waals surface area contributed by atoms with Gasteiger partial charge in [-0.05, 0) is 25.5 Å². The topological polar surface area (TPSA) is 55.9 Å². The van der Waals surface area contributed by atoms with Crippen LogP contribution in [0.15, 0.2) is 12.3 Å². The summed E-state index contributed by atoms with van der Waals surface area (Å²) < 4.78 is 1.90. The van der Waals surface area contributed by atoms with Crippen molar-refractivity contribution in [2.75, 3.05) is 12.3 Å². The summed E-state index contributed by atoms with van der Waals surface area (Å²) in [5, 5.41) is 7.54. The van der Waals surface area contributed by atoms with Crippen molar-refractivity contribution >= 4 is 5.82 Å². The second-order valence-electron chi connectivity index (χ2n) is 3.26. The number of hydrogen-bond acceptors (Lipinski definition) is 3. The lowest BCUT2D eigenvalue weighted by Gasteiger charge is -2.08. The molecule has 2 heterocycles. The molecular formula is C8H14N4. The molecule has 0 saturated carbocycles.